The molecule has 0 radical (unpaired) electrons. The molecule has 0 aliphatic heterocycles. The molecule has 0 saturated carbocycles. The summed E-state index contributed by atoms with van der Waals surface area (Å²) in [4.78, 5) is 27.1. The molecule has 0 aromatic heterocycles. The lowest BCUT2D eigenvalue weighted by Gasteiger charge is -2.29. The van der Waals surface area contributed by atoms with Gasteiger partial charge in [0.2, 0.25) is 11.8 Å². The molecule has 0 heterocycles. The molecule has 2 aromatic rings. The van der Waals surface area contributed by atoms with Crippen molar-refractivity contribution in [1.29, 1.82) is 0 Å². The Morgan fingerprint density at radius 2 is 1.68 bits per heavy atom. The van der Waals surface area contributed by atoms with Gasteiger partial charge in [-0.1, -0.05) is 43.7 Å². The van der Waals surface area contributed by atoms with Crippen LogP contribution in [0.4, 0.5) is 4.39 Å². The lowest BCUT2D eigenvalue weighted by molar-refractivity contribution is -0.140. The van der Waals surface area contributed by atoms with Crippen LogP contribution in [-0.4, -0.2) is 35.9 Å². The Kier molecular flexibility index (Phi) is 9.50. The van der Waals surface area contributed by atoms with Crippen LogP contribution in [0.3, 0.4) is 0 Å². The maximum Gasteiger partial charge on any atom is 0.242 e. The number of hydrogen-bond donors (Lipinski definition) is 1. The zero-order valence-electron chi connectivity index (χ0n) is 18.9. The van der Waals surface area contributed by atoms with Crippen molar-refractivity contribution in [1.82, 2.24) is 10.2 Å². The van der Waals surface area contributed by atoms with Crippen LogP contribution in [-0.2, 0) is 16.1 Å². The van der Waals surface area contributed by atoms with Gasteiger partial charge in [0.15, 0.2) is 0 Å². The summed E-state index contributed by atoms with van der Waals surface area (Å²) in [5, 5.41) is 2.89. The molecule has 1 atom stereocenters. The normalized spacial score (nSPS) is 11.8. The van der Waals surface area contributed by atoms with Crippen molar-refractivity contribution < 1.29 is 18.7 Å². The Bertz CT molecular complexity index is 835. The number of ether oxygens (including phenoxy) is 1. The van der Waals surface area contributed by atoms with Crippen LogP contribution < -0.4 is 10.1 Å². The minimum Gasteiger partial charge on any atom is -0.494 e. The molecule has 1 N–H and O–H groups in total. The fraction of sp³-hybridized carbons (Fsp3) is 0.440. The number of carbonyl (C=O) groups is 2. The number of benzene rings is 2. The van der Waals surface area contributed by atoms with E-state index in [1.807, 2.05) is 45.0 Å². The monoisotopic (exact) mass is 428 g/mol. The van der Waals surface area contributed by atoms with Gasteiger partial charge < -0.3 is 15.0 Å². The van der Waals surface area contributed by atoms with E-state index < -0.39 is 6.04 Å². The van der Waals surface area contributed by atoms with E-state index in [1.165, 1.54) is 12.1 Å². The zero-order chi connectivity index (χ0) is 22.8. The molecule has 31 heavy (non-hydrogen) atoms. The second-order valence-corrected chi connectivity index (χ2v) is 8.23. The summed E-state index contributed by atoms with van der Waals surface area (Å²) >= 11 is 0. The third-order valence-electron chi connectivity index (χ3n) is 4.94. The molecule has 5 nitrogen and oxygen atoms in total. The number of nitrogens with zero attached hydrogens (tertiary/aromatic N) is 1. The molecule has 0 fully saturated rings. The zero-order valence-corrected chi connectivity index (χ0v) is 18.9. The molecular formula is C25H33FN2O3. The molecule has 0 spiro atoms. The number of aryl methyl sites for hydroxylation is 1. The summed E-state index contributed by atoms with van der Waals surface area (Å²) < 4.78 is 19.0. The second kappa shape index (κ2) is 12.1. The van der Waals surface area contributed by atoms with E-state index in [9.17, 15) is 14.0 Å². The summed E-state index contributed by atoms with van der Waals surface area (Å²) in [6, 6.07) is 13.1. The Hall–Kier alpha value is -2.89. The first-order valence-electron chi connectivity index (χ1n) is 10.8. The quantitative estimate of drug-likeness (QED) is 0.537. The molecule has 0 aliphatic carbocycles. The topological polar surface area (TPSA) is 58.6 Å². The van der Waals surface area contributed by atoms with E-state index in [2.05, 4.69) is 5.32 Å². The van der Waals surface area contributed by atoms with Gasteiger partial charge in [0.1, 0.15) is 17.6 Å². The van der Waals surface area contributed by atoms with Crippen molar-refractivity contribution >= 4 is 11.8 Å². The third-order valence-corrected chi connectivity index (χ3v) is 4.94. The number of hydrogen-bond acceptors (Lipinski definition) is 3. The van der Waals surface area contributed by atoms with Gasteiger partial charge in [0.25, 0.3) is 0 Å². The van der Waals surface area contributed by atoms with Crippen molar-refractivity contribution in [3.63, 3.8) is 0 Å². The summed E-state index contributed by atoms with van der Waals surface area (Å²) in [6.07, 6.45) is 0.793. The van der Waals surface area contributed by atoms with E-state index >= 15 is 0 Å². The van der Waals surface area contributed by atoms with E-state index in [4.69, 9.17) is 4.74 Å². The Morgan fingerprint density at radius 1 is 1.03 bits per heavy atom. The highest BCUT2D eigenvalue weighted by molar-refractivity contribution is 5.87. The fourth-order valence-corrected chi connectivity index (χ4v) is 3.01. The van der Waals surface area contributed by atoms with Gasteiger partial charge in [-0.25, -0.2) is 4.39 Å². The van der Waals surface area contributed by atoms with Gasteiger partial charge in [-0.3, -0.25) is 9.59 Å². The van der Waals surface area contributed by atoms with Gasteiger partial charge in [0.05, 0.1) is 6.61 Å². The van der Waals surface area contributed by atoms with Crippen molar-refractivity contribution in [2.24, 2.45) is 5.92 Å². The maximum absolute atomic E-state index is 13.3. The smallest absolute Gasteiger partial charge is 0.242 e. The standard InChI is InChI=1S/C25H33FN2O3/c1-18(2)16-27-25(30)20(4)28(17-21-9-11-22(26)12-10-21)24(29)6-5-15-31-23-13-7-19(3)8-14-23/h7-14,18,20H,5-6,15-17H2,1-4H3,(H,27,30). The number of amides is 2. The first kappa shape index (κ1) is 24.4. The molecular weight excluding hydrogens is 395 g/mol. The second-order valence-electron chi connectivity index (χ2n) is 8.23. The van der Waals surface area contributed by atoms with Crippen LogP contribution >= 0.6 is 0 Å². The van der Waals surface area contributed by atoms with Crippen molar-refractivity contribution in [3.8, 4) is 5.75 Å². The lowest BCUT2D eigenvalue weighted by Crippen LogP contribution is -2.48. The fourth-order valence-electron chi connectivity index (χ4n) is 3.01. The predicted octanol–water partition coefficient (Wildman–Crippen LogP) is 4.48. The van der Waals surface area contributed by atoms with E-state index in [1.54, 1.807) is 24.0 Å². The Labute approximate surface area is 184 Å². The molecule has 6 heteroatoms. The minimum absolute atomic E-state index is 0.135. The van der Waals surface area contributed by atoms with Gasteiger partial charge >= 0.3 is 0 Å². The van der Waals surface area contributed by atoms with Crippen LogP contribution in [0.25, 0.3) is 0 Å². The Morgan fingerprint density at radius 3 is 2.29 bits per heavy atom. The largest absolute Gasteiger partial charge is 0.494 e. The Balaban J connectivity index is 1.97. The average Bonchev–Trinajstić information content (AvgIpc) is 2.75. The van der Waals surface area contributed by atoms with Crippen molar-refractivity contribution in [2.75, 3.05) is 13.2 Å². The number of nitrogens with one attached hydrogen (secondary N) is 1. The molecule has 1 unspecified atom stereocenters. The first-order valence-corrected chi connectivity index (χ1v) is 10.8. The van der Waals surface area contributed by atoms with Crippen LogP contribution in [0.2, 0.25) is 0 Å². The minimum atomic E-state index is -0.630. The number of rotatable bonds is 11. The molecule has 2 aromatic carbocycles. The highest BCUT2D eigenvalue weighted by Gasteiger charge is 2.25. The van der Waals surface area contributed by atoms with E-state index in [0.717, 1.165) is 16.9 Å². The summed E-state index contributed by atoms with van der Waals surface area (Å²) in [7, 11) is 0. The highest BCUT2D eigenvalue weighted by Crippen LogP contribution is 2.15. The molecule has 2 amide bonds. The molecule has 168 valence electrons. The van der Waals surface area contributed by atoms with Gasteiger partial charge in [-0.2, -0.15) is 0 Å². The van der Waals surface area contributed by atoms with E-state index in [0.29, 0.717) is 25.5 Å². The predicted molar refractivity (Wildman–Crippen MR) is 120 cm³/mol. The summed E-state index contributed by atoms with van der Waals surface area (Å²) in [6.45, 7) is 8.96. The third kappa shape index (κ3) is 8.40. The summed E-state index contributed by atoms with van der Waals surface area (Å²) in [5.41, 5.74) is 1.93. The number of halogens is 1. The van der Waals surface area contributed by atoms with Gasteiger partial charge in [-0.15, -0.1) is 0 Å². The molecule has 0 bridgehead atoms. The molecule has 2 rings (SSSR count). The van der Waals surface area contributed by atoms with Crippen LogP contribution in [0.15, 0.2) is 48.5 Å². The average molecular weight is 429 g/mol. The van der Waals surface area contributed by atoms with Crippen molar-refractivity contribution in [2.45, 2.75) is 53.1 Å². The van der Waals surface area contributed by atoms with Gasteiger partial charge in [0, 0.05) is 19.5 Å². The first-order chi connectivity index (χ1) is 14.8. The van der Waals surface area contributed by atoms with Crippen molar-refractivity contribution in [3.05, 3.63) is 65.5 Å². The lowest BCUT2D eigenvalue weighted by atomic mass is 10.1. The van der Waals surface area contributed by atoms with E-state index in [-0.39, 0.29) is 30.6 Å². The maximum atomic E-state index is 13.3. The molecule has 0 saturated heterocycles. The van der Waals surface area contributed by atoms with Crippen LogP contribution in [0.5, 0.6) is 5.75 Å². The summed E-state index contributed by atoms with van der Waals surface area (Å²) in [5.74, 6) is 0.417. The van der Waals surface area contributed by atoms with Crippen LogP contribution in [0.1, 0.15) is 44.7 Å². The van der Waals surface area contributed by atoms with Crippen LogP contribution in [0, 0.1) is 18.7 Å². The molecule has 0 aliphatic rings. The number of carbonyl (C=O) groups excluding carboxylic acids is 2. The SMILES string of the molecule is Cc1ccc(OCCCC(=O)N(Cc2ccc(F)cc2)C(C)C(=O)NCC(C)C)cc1. The highest BCUT2D eigenvalue weighted by atomic mass is 19.1. The van der Waals surface area contributed by atoms with Gasteiger partial charge in [-0.05, 0) is 56.0 Å².